The third kappa shape index (κ3) is 5.38. The number of anilines is 1. The van der Waals surface area contributed by atoms with Crippen LogP contribution >= 0.6 is 0 Å². The fraction of sp³-hybridized carbons (Fsp3) is 0.400. The predicted molar refractivity (Wildman–Crippen MR) is 103 cm³/mol. The summed E-state index contributed by atoms with van der Waals surface area (Å²) in [6.07, 6.45) is -4.61. The van der Waals surface area contributed by atoms with Crippen LogP contribution in [0.2, 0.25) is 0 Å². The van der Waals surface area contributed by atoms with E-state index in [1.54, 1.807) is 4.90 Å². The van der Waals surface area contributed by atoms with E-state index in [-0.39, 0.29) is 5.69 Å². The zero-order valence-electron chi connectivity index (χ0n) is 16.0. The number of nitro groups is 1. The summed E-state index contributed by atoms with van der Waals surface area (Å²) in [5, 5.41) is 11.3. The number of hydrogen-bond donors (Lipinski definition) is 0. The van der Waals surface area contributed by atoms with Crippen LogP contribution in [0, 0.1) is 17.0 Å². The number of nitro benzene ring substituents is 1. The molecule has 3 rings (SSSR count). The number of hydrogen-bond acceptors (Lipinski definition) is 5. The van der Waals surface area contributed by atoms with Gasteiger partial charge in [0.2, 0.25) is 0 Å². The van der Waals surface area contributed by atoms with Crippen molar-refractivity contribution in [1.29, 1.82) is 0 Å². The van der Waals surface area contributed by atoms with E-state index >= 15 is 0 Å². The van der Waals surface area contributed by atoms with Gasteiger partial charge in [-0.3, -0.25) is 15.0 Å². The molecule has 0 aliphatic carbocycles. The molecule has 2 aromatic carbocycles. The van der Waals surface area contributed by atoms with Crippen molar-refractivity contribution in [2.75, 3.05) is 44.2 Å². The molecule has 0 amide bonds. The minimum atomic E-state index is -4.61. The van der Waals surface area contributed by atoms with Crippen LogP contribution in [0.5, 0.6) is 5.75 Å². The van der Waals surface area contributed by atoms with Crippen LogP contribution in [0.1, 0.15) is 11.1 Å². The first-order valence-corrected chi connectivity index (χ1v) is 9.26. The molecule has 0 N–H and O–H groups in total. The van der Waals surface area contributed by atoms with Crippen LogP contribution in [0.3, 0.4) is 0 Å². The number of nitrogens with zero attached hydrogens (tertiary/aromatic N) is 3. The van der Waals surface area contributed by atoms with E-state index in [9.17, 15) is 23.3 Å². The first kappa shape index (κ1) is 20.9. The molecule has 0 unspecified atom stereocenters. The van der Waals surface area contributed by atoms with Crippen LogP contribution < -0.4 is 9.64 Å². The Morgan fingerprint density at radius 1 is 1.07 bits per heavy atom. The Hall–Kier alpha value is -2.81. The smallest absolute Gasteiger partial charge is 0.416 e. The topological polar surface area (TPSA) is 58.8 Å². The standard InChI is InChI=1S/C20H22F3N3O3/c1-15-2-5-17(6-3-15)29-13-12-24-8-10-25(11-9-24)18-7-4-16(20(21,22)23)14-19(18)26(27)28/h2-7,14H,8-13H2,1H3. The van der Waals surface area contributed by atoms with Gasteiger partial charge in [0.25, 0.3) is 5.69 Å². The Morgan fingerprint density at radius 2 is 1.72 bits per heavy atom. The molecule has 0 atom stereocenters. The second-order valence-electron chi connectivity index (χ2n) is 6.95. The van der Waals surface area contributed by atoms with Gasteiger partial charge in [-0.1, -0.05) is 17.7 Å². The molecule has 1 saturated heterocycles. The monoisotopic (exact) mass is 409 g/mol. The summed E-state index contributed by atoms with van der Waals surface area (Å²) in [6.45, 7) is 5.52. The lowest BCUT2D eigenvalue weighted by molar-refractivity contribution is -0.384. The van der Waals surface area contributed by atoms with Crippen LogP contribution in [0.25, 0.3) is 0 Å². The summed E-state index contributed by atoms with van der Waals surface area (Å²) in [4.78, 5) is 14.5. The predicted octanol–water partition coefficient (Wildman–Crippen LogP) is 4.12. The Morgan fingerprint density at radius 3 is 2.31 bits per heavy atom. The van der Waals surface area contributed by atoms with Gasteiger partial charge in [-0.2, -0.15) is 13.2 Å². The molecular formula is C20H22F3N3O3. The van der Waals surface area contributed by atoms with Crippen molar-refractivity contribution in [1.82, 2.24) is 4.90 Å². The highest BCUT2D eigenvalue weighted by Crippen LogP contribution is 2.36. The largest absolute Gasteiger partial charge is 0.492 e. The molecule has 6 nitrogen and oxygen atoms in total. The summed E-state index contributed by atoms with van der Waals surface area (Å²) in [7, 11) is 0. The molecule has 1 aliphatic rings. The van der Waals surface area contributed by atoms with Crippen molar-refractivity contribution in [3.05, 3.63) is 63.7 Å². The molecule has 0 spiro atoms. The lowest BCUT2D eigenvalue weighted by Gasteiger charge is -2.35. The number of ether oxygens (including phenoxy) is 1. The highest BCUT2D eigenvalue weighted by Gasteiger charge is 2.34. The average Bonchev–Trinajstić information content (AvgIpc) is 2.69. The van der Waals surface area contributed by atoms with Gasteiger partial charge in [0.15, 0.2) is 0 Å². The second-order valence-corrected chi connectivity index (χ2v) is 6.95. The SMILES string of the molecule is Cc1ccc(OCCN2CCN(c3ccc(C(F)(F)F)cc3[N+](=O)[O-])CC2)cc1. The molecule has 0 aromatic heterocycles. The Bertz CT molecular complexity index is 848. The molecule has 9 heteroatoms. The number of alkyl halides is 3. The van der Waals surface area contributed by atoms with Crippen molar-refractivity contribution >= 4 is 11.4 Å². The van der Waals surface area contributed by atoms with E-state index in [1.807, 2.05) is 31.2 Å². The number of aryl methyl sites for hydroxylation is 1. The Kier molecular flexibility index (Phi) is 6.26. The lowest BCUT2D eigenvalue weighted by atomic mass is 10.1. The fourth-order valence-corrected chi connectivity index (χ4v) is 3.25. The van der Waals surface area contributed by atoms with Gasteiger partial charge in [-0.25, -0.2) is 0 Å². The van der Waals surface area contributed by atoms with Gasteiger partial charge >= 0.3 is 6.18 Å². The van der Waals surface area contributed by atoms with Gasteiger partial charge in [-0.15, -0.1) is 0 Å². The van der Waals surface area contributed by atoms with Crippen molar-refractivity contribution in [3.63, 3.8) is 0 Å². The minimum Gasteiger partial charge on any atom is -0.492 e. The van der Waals surface area contributed by atoms with Crippen molar-refractivity contribution in [2.24, 2.45) is 0 Å². The molecule has 29 heavy (non-hydrogen) atoms. The van der Waals surface area contributed by atoms with Crippen LogP contribution in [-0.4, -0.2) is 49.2 Å². The van der Waals surface area contributed by atoms with Gasteiger partial charge in [0.05, 0.1) is 10.5 Å². The molecule has 1 aliphatic heterocycles. The zero-order valence-corrected chi connectivity index (χ0v) is 16.0. The van der Waals surface area contributed by atoms with E-state index in [1.165, 1.54) is 6.07 Å². The lowest BCUT2D eigenvalue weighted by Crippen LogP contribution is -2.47. The molecule has 1 fully saturated rings. The molecule has 1 heterocycles. The highest BCUT2D eigenvalue weighted by atomic mass is 19.4. The number of benzene rings is 2. The van der Waals surface area contributed by atoms with Crippen molar-refractivity contribution < 1.29 is 22.8 Å². The summed E-state index contributed by atoms with van der Waals surface area (Å²) in [5.41, 5.74) is -0.153. The number of halogens is 3. The first-order valence-electron chi connectivity index (χ1n) is 9.26. The fourth-order valence-electron chi connectivity index (χ4n) is 3.25. The summed E-state index contributed by atoms with van der Waals surface area (Å²) < 4.78 is 44.3. The average molecular weight is 409 g/mol. The van der Waals surface area contributed by atoms with Crippen LogP contribution in [0.4, 0.5) is 24.5 Å². The van der Waals surface area contributed by atoms with Crippen molar-refractivity contribution in [2.45, 2.75) is 13.1 Å². The van der Waals surface area contributed by atoms with Gasteiger partial charge in [0.1, 0.15) is 18.0 Å². The molecule has 0 saturated carbocycles. The summed E-state index contributed by atoms with van der Waals surface area (Å²) >= 11 is 0. The van der Waals surface area contributed by atoms with E-state index in [0.29, 0.717) is 45.4 Å². The normalized spacial score (nSPS) is 15.4. The maximum atomic E-state index is 12.9. The van der Waals surface area contributed by atoms with Gasteiger partial charge in [0, 0.05) is 38.8 Å². The maximum Gasteiger partial charge on any atom is 0.416 e. The molecular weight excluding hydrogens is 387 g/mol. The quantitative estimate of drug-likeness (QED) is 0.531. The molecule has 0 radical (unpaired) electrons. The van der Waals surface area contributed by atoms with E-state index in [4.69, 9.17) is 4.74 Å². The first-order chi connectivity index (χ1) is 13.7. The minimum absolute atomic E-state index is 0.221. The van der Waals surface area contributed by atoms with E-state index < -0.39 is 22.4 Å². The Balaban J connectivity index is 1.56. The Labute approximate surface area is 166 Å². The molecule has 0 bridgehead atoms. The van der Waals surface area contributed by atoms with Gasteiger partial charge < -0.3 is 9.64 Å². The van der Waals surface area contributed by atoms with Gasteiger partial charge in [-0.05, 0) is 31.2 Å². The number of rotatable bonds is 6. The number of piperazine rings is 1. The van der Waals surface area contributed by atoms with Crippen molar-refractivity contribution in [3.8, 4) is 5.75 Å². The third-order valence-electron chi connectivity index (χ3n) is 4.91. The summed E-state index contributed by atoms with van der Waals surface area (Å²) in [5.74, 6) is 0.801. The van der Waals surface area contributed by atoms with Crippen LogP contribution in [-0.2, 0) is 6.18 Å². The molecule has 2 aromatic rings. The third-order valence-corrected chi connectivity index (χ3v) is 4.91. The van der Waals surface area contributed by atoms with E-state index in [0.717, 1.165) is 17.4 Å². The second kappa shape index (κ2) is 8.69. The highest BCUT2D eigenvalue weighted by molar-refractivity contribution is 5.65. The summed E-state index contributed by atoms with van der Waals surface area (Å²) in [6, 6.07) is 10.5. The molecule has 156 valence electrons. The maximum absolute atomic E-state index is 12.9. The van der Waals surface area contributed by atoms with Crippen LogP contribution in [0.15, 0.2) is 42.5 Å². The van der Waals surface area contributed by atoms with E-state index in [2.05, 4.69) is 4.90 Å². The zero-order chi connectivity index (χ0) is 21.0.